The van der Waals surface area contributed by atoms with Crippen LogP contribution in [0, 0.1) is 24.0 Å². The Kier molecular flexibility index (Phi) is 5.63. The largest absolute Gasteiger partial charge is 0.472 e. The van der Waals surface area contributed by atoms with Gasteiger partial charge in [0.1, 0.15) is 11.9 Å². The lowest BCUT2D eigenvalue weighted by molar-refractivity contribution is -0.384. The molecule has 1 aromatic heterocycles. The molecule has 8 heteroatoms. The fourth-order valence-corrected chi connectivity index (χ4v) is 3.20. The lowest BCUT2D eigenvalue weighted by atomic mass is 10.1. The molecule has 3 rings (SSSR count). The summed E-state index contributed by atoms with van der Waals surface area (Å²) in [5, 5.41) is 10.7. The van der Waals surface area contributed by atoms with Gasteiger partial charge >= 0.3 is 0 Å². The fourth-order valence-electron chi connectivity index (χ4n) is 3.20. The second-order valence-electron chi connectivity index (χ2n) is 6.72. The minimum absolute atomic E-state index is 0.00722. The summed E-state index contributed by atoms with van der Waals surface area (Å²) in [6.07, 6.45) is 1.84. The van der Waals surface area contributed by atoms with Crippen LogP contribution in [0.1, 0.15) is 29.9 Å². The van der Waals surface area contributed by atoms with Crippen LogP contribution in [-0.2, 0) is 11.2 Å². The van der Waals surface area contributed by atoms with Crippen molar-refractivity contribution in [3.05, 3.63) is 57.5 Å². The molecule has 2 heterocycles. The number of amides is 1. The van der Waals surface area contributed by atoms with Crippen LogP contribution >= 0.6 is 0 Å². The molecule has 0 saturated carbocycles. The van der Waals surface area contributed by atoms with E-state index in [0.717, 1.165) is 24.1 Å². The molecule has 1 amide bonds. The number of aromatic nitrogens is 2. The minimum Gasteiger partial charge on any atom is -0.472 e. The summed E-state index contributed by atoms with van der Waals surface area (Å²) in [6.45, 7) is 4.91. The van der Waals surface area contributed by atoms with Gasteiger partial charge in [0, 0.05) is 30.4 Å². The lowest BCUT2D eigenvalue weighted by Gasteiger charge is -2.32. The number of nitro benzene ring substituents is 1. The van der Waals surface area contributed by atoms with Crippen molar-refractivity contribution in [3.8, 4) is 5.88 Å². The van der Waals surface area contributed by atoms with E-state index in [1.165, 1.54) is 12.1 Å². The van der Waals surface area contributed by atoms with Gasteiger partial charge in [0.25, 0.3) is 5.69 Å². The van der Waals surface area contributed by atoms with Crippen molar-refractivity contribution < 1.29 is 14.5 Å². The summed E-state index contributed by atoms with van der Waals surface area (Å²) in [5.74, 6) is 1.19. The van der Waals surface area contributed by atoms with E-state index in [0.29, 0.717) is 24.8 Å². The molecular formula is C19H22N4O4. The second-order valence-corrected chi connectivity index (χ2v) is 6.72. The van der Waals surface area contributed by atoms with E-state index in [9.17, 15) is 14.9 Å². The summed E-state index contributed by atoms with van der Waals surface area (Å²) in [7, 11) is 0. The first-order valence-electron chi connectivity index (χ1n) is 8.91. The SMILES string of the molecule is Cc1cc(OC2CCCN(C(=O)Cc3ccc([N+](=O)[O-])cc3)C2)nc(C)n1. The van der Waals surface area contributed by atoms with Crippen molar-refractivity contribution in [3.63, 3.8) is 0 Å². The molecule has 1 atom stereocenters. The first kappa shape index (κ1) is 18.8. The quantitative estimate of drug-likeness (QED) is 0.593. The zero-order chi connectivity index (χ0) is 19.4. The second kappa shape index (κ2) is 8.11. The van der Waals surface area contributed by atoms with E-state index < -0.39 is 4.92 Å². The number of aryl methyl sites for hydroxylation is 2. The van der Waals surface area contributed by atoms with Crippen molar-refractivity contribution in [2.24, 2.45) is 0 Å². The monoisotopic (exact) mass is 370 g/mol. The molecular weight excluding hydrogens is 348 g/mol. The van der Waals surface area contributed by atoms with Gasteiger partial charge in [-0.2, -0.15) is 4.98 Å². The molecule has 0 N–H and O–H groups in total. The molecule has 1 saturated heterocycles. The first-order valence-corrected chi connectivity index (χ1v) is 8.91. The van der Waals surface area contributed by atoms with Crippen molar-refractivity contribution in [2.45, 2.75) is 39.2 Å². The van der Waals surface area contributed by atoms with Gasteiger partial charge in [-0.1, -0.05) is 12.1 Å². The van der Waals surface area contributed by atoms with E-state index in [-0.39, 0.29) is 24.1 Å². The van der Waals surface area contributed by atoms with Crippen LogP contribution in [0.15, 0.2) is 30.3 Å². The summed E-state index contributed by atoms with van der Waals surface area (Å²) >= 11 is 0. The third kappa shape index (κ3) is 4.99. The van der Waals surface area contributed by atoms with Gasteiger partial charge in [0.15, 0.2) is 0 Å². The van der Waals surface area contributed by atoms with Crippen LogP contribution in [-0.4, -0.2) is 44.9 Å². The normalized spacial score (nSPS) is 16.8. The Morgan fingerprint density at radius 3 is 2.70 bits per heavy atom. The van der Waals surface area contributed by atoms with Crippen LogP contribution < -0.4 is 4.74 Å². The summed E-state index contributed by atoms with van der Waals surface area (Å²) in [5.41, 5.74) is 1.63. The number of likely N-dealkylation sites (tertiary alicyclic amines) is 1. The number of nitrogens with zero attached hydrogens (tertiary/aromatic N) is 4. The molecule has 0 radical (unpaired) electrons. The molecule has 0 spiro atoms. The van der Waals surface area contributed by atoms with Gasteiger partial charge < -0.3 is 9.64 Å². The molecule has 0 aliphatic carbocycles. The Labute approximate surface area is 157 Å². The van der Waals surface area contributed by atoms with E-state index in [4.69, 9.17) is 4.74 Å². The van der Waals surface area contributed by atoms with E-state index in [1.54, 1.807) is 23.1 Å². The summed E-state index contributed by atoms with van der Waals surface area (Å²) in [6, 6.07) is 7.89. The Bertz CT molecular complexity index is 818. The average Bonchev–Trinajstić information content (AvgIpc) is 2.61. The van der Waals surface area contributed by atoms with E-state index in [2.05, 4.69) is 9.97 Å². The van der Waals surface area contributed by atoms with E-state index in [1.807, 2.05) is 13.8 Å². The molecule has 1 aliphatic heterocycles. The van der Waals surface area contributed by atoms with Gasteiger partial charge in [-0.15, -0.1) is 0 Å². The number of hydrogen-bond donors (Lipinski definition) is 0. The van der Waals surface area contributed by atoms with Gasteiger partial charge in [-0.3, -0.25) is 14.9 Å². The Morgan fingerprint density at radius 1 is 1.30 bits per heavy atom. The number of hydrogen-bond acceptors (Lipinski definition) is 6. The van der Waals surface area contributed by atoms with Gasteiger partial charge in [0.05, 0.1) is 17.9 Å². The number of nitro groups is 1. The van der Waals surface area contributed by atoms with Crippen molar-refractivity contribution in [2.75, 3.05) is 13.1 Å². The molecule has 0 bridgehead atoms. The minimum atomic E-state index is -0.450. The van der Waals surface area contributed by atoms with Gasteiger partial charge in [0.2, 0.25) is 11.8 Å². The summed E-state index contributed by atoms with van der Waals surface area (Å²) in [4.78, 5) is 33.2. The number of carbonyl (C=O) groups excluding carboxylic acids is 1. The average molecular weight is 370 g/mol. The number of ether oxygens (including phenoxy) is 1. The fraction of sp³-hybridized carbons (Fsp3) is 0.421. The predicted molar refractivity (Wildman–Crippen MR) is 98.5 cm³/mol. The summed E-state index contributed by atoms with van der Waals surface area (Å²) < 4.78 is 5.97. The smallest absolute Gasteiger partial charge is 0.269 e. The molecule has 1 fully saturated rings. The maximum Gasteiger partial charge on any atom is 0.269 e. The number of rotatable bonds is 5. The van der Waals surface area contributed by atoms with Crippen molar-refractivity contribution >= 4 is 11.6 Å². The van der Waals surface area contributed by atoms with Crippen LogP contribution in [0.2, 0.25) is 0 Å². The highest BCUT2D eigenvalue weighted by atomic mass is 16.6. The maximum absolute atomic E-state index is 12.6. The molecule has 8 nitrogen and oxygen atoms in total. The van der Waals surface area contributed by atoms with Crippen LogP contribution in [0.5, 0.6) is 5.88 Å². The molecule has 27 heavy (non-hydrogen) atoms. The maximum atomic E-state index is 12.6. The number of benzene rings is 1. The highest BCUT2D eigenvalue weighted by molar-refractivity contribution is 5.79. The third-order valence-electron chi connectivity index (χ3n) is 4.46. The zero-order valence-electron chi connectivity index (χ0n) is 15.4. The Balaban J connectivity index is 1.59. The molecule has 1 aromatic carbocycles. The third-order valence-corrected chi connectivity index (χ3v) is 4.46. The number of carbonyl (C=O) groups is 1. The predicted octanol–water partition coefficient (Wildman–Crippen LogP) is 2.61. The van der Waals surface area contributed by atoms with Gasteiger partial charge in [-0.05, 0) is 32.3 Å². The van der Waals surface area contributed by atoms with Gasteiger partial charge in [-0.25, -0.2) is 4.98 Å². The van der Waals surface area contributed by atoms with E-state index >= 15 is 0 Å². The van der Waals surface area contributed by atoms with Crippen molar-refractivity contribution in [1.82, 2.24) is 14.9 Å². The standard InChI is InChI=1S/C19H22N4O4/c1-13-10-18(21-14(2)20-13)27-17-4-3-9-22(12-17)19(24)11-15-5-7-16(8-6-15)23(25)26/h5-8,10,17H,3-4,9,11-12H2,1-2H3. The number of piperidine rings is 1. The zero-order valence-corrected chi connectivity index (χ0v) is 15.4. The van der Waals surface area contributed by atoms with Crippen LogP contribution in [0.3, 0.4) is 0 Å². The lowest BCUT2D eigenvalue weighted by Crippen LogP contribution is -2.45. The molecule has 1 aliphatic rings. The molecule has 2 aromatic rings. The number of non-ortho nitro benzene ring substituents is 1. The topological polar surface area (TPSA) is 98.5 Å². The van der Waals surface area contributed by atoms with Crippen LogP contribution in [0.25, 0.3) is 0 Å². The van der Waals surface area contributed by atoms with Crippen molar-refractivity contribution in [1.29, 1.82) is 0 Å². The highest BCUT2D eigenvalue weighted by Gasteiger charge is 2.25. The molecule has 142 valence electrons. The van der Waals surface area contributed by atoms with Crippen LogP contribution in [0.4, 0.5) is 5.69 Å². The Morgan fingerprint density at radius 2 is 2.04 bits per heavy atom. The molecule has 1 unspecified atom stereocenters. The first-order chi connectivity index (χ1) is 12.9. The Hall–Kier alpha value is -3.03. The highest BCUT2D eigenvalue weighted by Crippen LogP contribution is 2.19.